The van der Waals surface area contributed by atoms with Crippen molar-refractivity contribution in [3.05, 3.63) is 0 Å². The van der Waals surface area contributed by atoms with Crippen molar-refractivity contribution in [3.8, 4) is 0 Å². The number of hydrogen-bond acceptors (Lipinski definition) is 4. The quantitative estimate of drug-likeness (QED) is 0.852. The van der Waals surface area contributed by atoms with Crippen LogP contribution in [-0.2, 0) is 9.84 Å². The van der Waals surface area contributed by atoms with Crippen LogP contribution < -0.4 is 5.73 Å². The molecule has 0 aliphatic heterocycles. The molecule has 2 rings (SSSR count). The third kappa shape index (κ3) is 3.50. The number of rotatable bonds is 4. The van der Waals surface area contributed by atoms with Crippen LogP contribution in [0.1, 0.15) is 51.9 Å². The van der Waals surface area contributed by atoms with E-state index in [1.54, 1.807) is 0 Å². The van der Waals surface area contributed by atoms with E-state index in [-0.39, 0.29) is 11.3 Å². The molecule has 0 aromatic rings. The minimum absolute atomic E-state index is 0.150. The van der Waals surface area contributed by atoms with Gasteiger partial charge in [-0.1, -0.05) is 13.3 Å². The number of sulfone groups is 1. The van der Waals surface area contributed by atoms with Crippen molar-refractivity contribution in [3.63, 3.8) is 0 Å². The van der Waals surface area contributed by atoms with Crippen molar-refractivity contribution < 1.29 is 8.42 Å². The Hall–Kier alpha value is -0.130. The number of nitrogens with two attached hydrogens (primary N) is 1. The fraction of sp³-hybridized carbons (Fsp3) is 1.00. The molecule has 0 amide bonds. The van der Waals surface area contributed by atoms with E-state index in [9.17, 15) is 8.42 Å². The zero-order valence-corrected chi connectivity index (χ0v) is 13.0. The number of nitrogens with zero attached hydrogens (tertiary/aromatic N) is 1. The van der Waals surface area contributed by atoms with Gasteiger partial charge in [-0.3, -0.25) is 4.90 Å². The van der Waals surface area contributed by atoms with E-state index in [4.69, 9.17) is 5.73 Å². The van der Waals surface area contributed by atoms with Crippen LogP contribution in [0.25, 0.3) is 0 Å². The Labute approximate surface area is 117 Å². The van der Waals surface area contributed by atoms with Gasteiger partial charge in [0, 0.05) is 24.4 Å². The Balaban J connectivity index is 2.08. The van der Waals surface area contributed by atoms with E-state index in [1.807, 2.05) is 0 Å². The molecule has 0 radical (unpaired) electrons. The fourth-order valence-electron chi connectivity index (χ4n) is 3.98. The second kappa shape index (κ2) is 6.10. The van der Waals surface area contributed by atoms with Crippen LogP contribution in [0.2, 0.25) is 0 Å². The molecule has 2 unspecified atom stereocenters. The molecule has 2 saturated carbocycles. The van der Waals surface area contributed by atoms with Gasteiger partial charge >= 0.3 is 0 Å². The Morgan fingerprint density at radius 1 is 1.11 bits per heavy atom. The minimum Gasteiger partial charge on any atom is -0.328 e. The number of hydrogen-bond donors (Lipinski definition) is 1. The molecule has 0 saturated heterocycles. The lowest BCUT2D eigenvalue weighted by molar-refractivity contribution is 0.109. The van der Waals surface area contributed by atoms with Crippen molar-refractivity contribution in [1.29, 1.82) is 0 Å². The maximum absolute atomic E-state index is 12.0. The van der Waals surface area contributed by atoms with Crippen molar-refractivity contribution in [2.75, 3.05) is 12.8 Å². The smallest absolute Gasteiger partial charge is 0.151 e. The Morgan fingerprint density at radius 2 is 1.74 bits per heavy atom. The van der Waals surface area contributed by atoms with Gasteiger partial charge in [0.15, 0.2) is 9.84 Å². The molecule has 0 heterocycles. The van der Waals surface area contributed by atoms with Gasteiger partial charge in [0.05, 0.1) is 5.25 Å². The van der Waals surface area contributed by atoms with Gasteiger partial charge < -0.3 is 5.73 Å². The molecule has 5 heteroatoms. The van der Waals surface area contributed by atoms with Crippen molar-refractivity contribution in [2.45, 2.75) is 75.2 Å². The Bertz CT molecular complexity index is 388. The Morgan fingerprint density at radius 3 is 2.26 bits per heavy atom. The molecule has 2 aliphatic rings. The largest absolute Gasteiger partial charge is 0.328 e. The van der Waals surface area contributed by atoms with Crippen LogP contribution in [0.3, 0.4) is 0 Å². The highest BCUT2D eigenvalue weighted by molar-refractivity contribution is 7.91. The van der Waals surface area contributed by atoms with Crippen LogP contribution >= 0.6 is 0 Å². The average molecular weight is 288 g/mol. The first-order valence-corrected chi connectivity index (χ1v) is 9.59. The lowest BCUT2D eigenvalue weighted by Gasteiger charge is -2.41. The molecule has 0 aromatic heterocycles. The molecule has 2 aliphatic carbocycles. The molecule has 19 heavy (non-hydrogen) atoms. The summed E-state index contributed by atoms with van der Waals surface area (Å²) < 4.78 is 23.9. The molecule has 2 fully saturated rings. The van der Waals surface area contributed by atoms with Gasteiger partial charge in [0.1, 0.15) is 0 Å². The summed E-state index contributed by atoms with van der Waals surface area (Å²) >= 11 is 0. The van der Waals surface area contributed by atoms with Gasteiger partial charge in [0.2, 0.25) is 0 Å². The highest BCUT2D eigenvalue weighted by Gasteiger charge is 2.40. The van der Waals surface area contributed by atoms with Crippen LogP contribution in [0.15, 0.2) is 0 Å². The summed E-state index contributed by atoms with van der Waals surface area (Å²) in [5.74, 6) is 0. The summed E-state index contributed by atoms with van der Waals surface area (Å²) in [4.78, 5) is 2.46. The van der Waals surface area contributed by atoms with Crippen LogP contribution in [-0.4, -0.2) is 49.5 Å². The maximum Gasteiger partial charge on any atom is 0.151 e. The SMILES string of the molecule is CCN(C1CCC(N)CC1)C1CCCC1S(C)(=O)=O. The third-order valence-corrected chi connectivity index (χ3v) is 6.62. The first kappa shape index (κ1) is 15.3. The standard InChI is InChI=1S/C14H28N2O2S/c1-3-16(12-9-7-11(15)8-10-12)13-5-4-6-14(13)19(2,17)18/h11-14H,3-10,15H2,1-2H3. The average Bonchev–Trinajstić information content (AvgIpc) is 2.81. The second-order valence-corrected chi connectivity index (χ2v) is 8.53. The van der Waals surface area contributed by atoms with Crippen molar-refractivity contribution >= 4 is 9.84 Å². The lowest BCUT2D eigenvalue weighted by atomic mass is 9.89. The molecule has 0 spiro atoms. The van der Waals surface area contributed by atoms with Crippen molar-refractivity contribution in [2.24, 2.45) is 5.73 Å². The first-order valence-electron chi connectivity index (χ1n) is 7.63. The fourth-order valence-corrected chi connectivity index (χ4v) is 5.44. The van der Waals surface area contributed by atoms with Gasteiger partial charge in [-0.05, 0) is 45.1 Å². The predicted molar refractivity (Wildman–Crippen MR) is 78.9 cm³/mol. The van der Waals surface area contributed by atoms with E-state index >= 15 is 0 Å². The summed E-state index contributed by atoms with van der Waals surface area (Å²) in [6.45, 7) is 3.11. The second-order valence-electron chi connectivity index (χ2n) is 6.27. The molecular weight excluding hydrogens is 260 g/mol. The van der Waals surface area contributed by atoms with E-state index in [1.165, 1.54) is 6.26 Å². The molecular formula is C14H28N2O2S. The molecule has 0 aromatic carbocycles. The highest BCUT2D eigenvalue weighted by Crippen LogP contribution is 2.33. The zero-order valence-electron chi connectivity index (χ0n) is 12.2. The molecule has 112 valence electrons. The van der Waals surface area contributed by atoms with E-state index in [2.05, 4.69) is 11.8 Å². The normalized spacial score (nSPS) is 36.8. The summed E-state index contributed by atoms with van der Waals surface area (Å²) in [5, 5.41) is -0.150. The third-order valence-electron chi connectivity index (χ3n) is 4.97. The maximum atomic E-state index is 12.0. The van der Waals surface area contributed by atoms with Crippen LogP contribution in [0, 0.1) is 0 Å². The van der Waals surface area contributed by atoms with Gasteiger partial charge in [-0.25, -0.2) is 8.42 Å². The molecule has 4 nitrogen and oxygen atoms in total. The van der Waals surface area contributed by atoms with Crippen molar-refractivity contribution in [1.82, 2.24) is 4.90 Å². The molecule has 0 bridgehead atoms. The zero-order chi connectivity index (χ0) is 14.0. The van der Waals surface area contributed by atoms with Gasteiger partial charge in [-0.15, -0.1) is 0 Å². The van der Waals surface area contributed by atoms with E-state index in [0.29, 0.717) is 12.1 Å². The molecule has 2 N–H and O–H groups in total. The summed E-state index contributed by atoms with van der Waals surface area (Å²) in [7, 11) is -2.92. The lowest BCUT2D eigenvalue weighted by Crippen LogP contribution is -2.50. The minimum atomic E-state index is -2.92. The van der Waals surface area contributed by atoms with Gasteiger partial charge in [-0.2, -0.15) is 0 Å². The van der Waals surface area contributed by atoms with E-state index < -0.39 is 9.84 Å². The first-order chi connectivity index (χ1) is 8.93. The topological polar surface area (TPSA) is 63.4 Å². The van der Waals surface area contributed by atoms with Crippen LogP contribution in [0.4, 0.5) is 0 Å². The summed E-state index contributed by atoms with van der Waals surface area (Å²) in [5.41, 5.74) is 5.97. The van der Waals surface area contributed by atoms with Crippen LogP contribution in [0.5, 0.6) is 0 Å². The Kier molecular flexibility index (Phi) is 4.90. The van der Waals surface area contributed by atoms with E-state index in [0.717, 1.165) is 51.5 Å². The highest BCUT2D eigenvalue weighted by atomic mass is 32.2. The van der Waals surface area contributed by atoms with Gasteiger partial charge in [0.25, 0.3) is 0 Å². The molecule has 2 atom stereocenters. The summed E-state index contributed by atoms with van der Waals surface area (Å²) in [6.07, 6.45) is 8.74. The predicted octanol–water partition coefficient (Wildman–Crippen LogP) is 1.54. The summed E-state index contributed by atoms with van der Waals surface area (Å²) in [6, 6.07) is 1.13. The monoisotopic (exact) mass is 288 g/mol.